The van der Waals surface area contributed by atoms with Crippen LogP contribution in [0.15, 0.2) is 24.3 Å². The molecule has 0 radical (unpaired) electrons. The lowest BCUT2D eigenvalue weighted by molar-refractivity contribution is -0.121. The van der Waals surface area contributed by atoms with E-state index in [4.69, 9.17) is 5.73 Å². The normalized spacial score (nSPS) is 30.5. The minimum atomic E-state index is -0.620. The molecule has 1 fully saturated rings. The highest BCUT2D eigenvalue weighted by Gasteiger charge is 2.54. The number of hydrogen-bond acceptors (Lipinski definition) is 3. The number of amides is 2. The number of carbonyl (C=O) groups excluding carboxylic acids is 2. The van der Waals surface area contributed by atoms with Gasteiger partial charge < -0.3 is 11.1 Å². The number of rotatable bonds is 1. The first kappa shape index (κ1) is 11.2. The second kappa shape index (κ2) is 3.55. The van der Waals surface area contributed by atoms with Gasteiger partial charge >= 0.3 is 0 Å². The van der Waals surface area contributed by atoms with E-state index in [0.717, 1.165) is 11.3 Å². The molecule has 18 heavy (non-hydrogen) atoms. The summed E-state index contributed by atoms with van der Waals surface area (Å²) in [6.45, 7) is 0.531. The van der Waals surface area contributed by atoms with Gasteiger partial charge in [0.1, 0.15) is 0 Å². The fourth-order valence-corrected chi connectivity index (χ4v) is 3.14. The van der Waals surface area contributed by atoms with Crippen molar-refractivity contribution in [2.24, 2.45) is 5.73 Å². The van der Waals surface area contributed by atoms with Gasteiger partial charge in [-0.05, 0) is 25.1 Å². The van der Waals surface area contributed by atoms with Crippen molar-refractivity contribution in [3.63, 3.8) is 0 Å². The zero-order valence-electron chi connectivity index (χ0n) is 10.1. The zero-order chi connectivity index (χ0) is 12.9. The molecule has 5 nitrogen and oxygen atoms in total. The van der Waals surface area contributed by atoms with Crippen LogP contribution in [0.3, 0.4) is 0 Å². The van der Waals surface area contributed by atoms with Gasteiger partial charge in [0.05, 0.1) is 11.5 Å². The molecule has 0 bridgehead atoms. The number of nitrogens with two attached hydrogens (primary N) is 1. The van der Waals surface area contributed by atoms with Crippen LogP contribution >= 0.6 is 0 Å². The minimum Gasteiger partial charge on any atom is -0.368 e. The first-order valence-electron chi connectivity index (χ1n) is 5.95. The molecule has 1 saturated heterocycles. The Morgan fingerprint density at radius 2 is 2.22 bits per heavy atom. The monoisotopic (exact) mass is 245 g/mol. The van der Waals surface area contributed by atoms with Crippen molar-refractivity contribution in [2.45, 2.75) is 17.9 Å². The molecule has 1 aromatic rings. The van der Waals surface area contributed by atoms with Crippen molar-refractivity contribution in [3.05, 3.63) is 29.8 Å². The summed E-state index contributed by atoms with van der Waals surface area (Å²) < 4.78 is 0. The Morgan fingerprint density at radius 3 is 2.89 bits per heavy atom. The van der Waals surface area contributed by atoms with Gasteiger partial charge in [0.25, 0.3) is 0 Å². The summed E-state index contributed by atoms with van der Waals surface area (Å²) in [6.07, 6.45) is 0.460. The number of para-hydroxylation sites is 1. The molecule has 3 rings (SSSR count). The maximum Gasteiger partial charge on any atom is 0.236 e. The van der Waals surface area contributed by atoms with Crippen LogP contribution in [0, 0.1) is 0 Å². The molecule has 3 N–H and O–H groups in total. The van der Waals surface area contributed by atoms with Crippen LogP contribution in [-0.4, -0.2) is 36.3 Å². The van der Waals surface area contributed by atoms with Gasteiger partial charge in [-0.3, -0.25) is 14.5 Å². The van der Waals surface area contributed by atoms with Gasteiger partial charge in [0.15, 0.2) is 0 Å². The van der Waals surface area contributed by atoms with Crippen LogP contribution in [-0.2, 0) is 15.0 Å². The fraction of sp³-hybridized carbons (Fsp3) is 0.385. The van der Waals surface area contributed by atoms with Crippen LogP contribution in [0.2, 0.25) is 0 Å². The summed E-state index contributed by atoms with van der Waals surface area (Å²) in [5, 5.41) is 2.89. The molecule has 2 amide bonds. The van der Waals surface area contributed by atoms with E-state index < -0.39 is 5.41 Å². The standard InChI is InChI=1S/C13H15N3O2/c1-16-7-13(6-10(16)11(14)17)8-4-2-3-5-9(8)15-12(13)18/h2-5,10H,6-7H2,1H3,(H2,14,17)(H,15,18)/t10-,13+/m0/s1. The van der Waals surface area contributed by atoms with Gasteiger partial charge in [0, 0.05) is 12.2 Å². The van der Waals surface area contributed by atoms with E-state index in [1.807, 2.05) is 36.2 Å². The lowest BCUT2D eigenvalue weighted by Crippen LogP contribution is -2.37. The van der Waals surface area contributed by atoms with Crippen LogP contribution in [0.25, 0.3) is 0 Å². The van der Waals surface area contributed by atoms with Crippen molar-refractivity contribution in [2.75, 3.05) is 18.9 Å². The minimum absolute atomic E-state index is 0.0284. The Kier molecular flexibility index (Phi) is 2.22. The van der Waals surface area contributed by atoms with Crippen molar-refractivity contribution in [3.8, 4) is 0 Å². The molecular formula is C13H15N3O2. The first-order valence-corrected chi connectivity index (χ1v) is 5.95. The molecule has 94 valence electrons. The summed E-state index contributed by atoms with van der Waals surface area (Å²) in [4.78, 5) is 25.6. The van der Waals surface area contributed by atoms with Crippen LogP contribution in [0.5, 0.6) is 0 Å². The lowest BCUT2D eigenvalue weighted by Gasteiger charge is -2.20. The first-order chi connectivity index (χ1) is 8.54. The Labute approximate surface area is 105 Å². The number of carbonyl (C=O) groups is 2. The van der Waals surface area contributed by atoms with E-state index in [9.17, 15) is 9.59 Å². The third kappa shape index (κ3) is 1.31. The molecule has 0 saturated carbocycles. The molecule has 1 spiro atoms. The highest BCUT2D eigenvalue weighted by molar-refractivity contribution is 6.07. The molecule has 1 aromatic carbocycles. The maximum atomic E-state index is 12.3. The lowest BCUT2D eigenvalue weighted by atomic mass is 9.79. The third-order valence-electron chi connectivity index (χ3n) is 4.05. The Bertz CT molecular complexity index is 543. The van der Waals surface area contributed by atoms with Crippen molar-refractivity contribution in [1.29, 1.82) is 0 Å². The summed E-state index contributed by atoms with van der Waals surface area (Å²) in [5.74, 6) is -0.397. The molecule has 5 heteroatoms. The summed E-state index contributed by atoms with van der Waals surface area (Å²) in [7, 11) is 1.83. The smallest absolute Gasteiger partial charge is 0.236 e. The summed E-state index contributed by atoms with van der Waals surface area (Å²) >= 11 is 0. The number of anilines is 1. The van der Waals surface area contributed by atoms with E-state index in [1.54, 1.807) is 0 Å². The molecular weight excluding hydrogens is 230 g/mol. The number of nitrogens with one attached hydrogen (secondary N) is 1. The quantitative estimate of drug-likeness (QED) is 0.735. The van der Waals surface area contributed by atoms with Crippen LogP contribution in [0.4, 0.5) is 5.69 Å². The molecule has 0 aliphatic carbocycles. The Balaban J connectivity index is 2.07. The topological polar surface area (TPSA) is 75.4 Å². The van der Waals surface area contributed by atoms with Gasteiger partial charge in [0.2, 0.25) is 11.8 Å². The molecule has 0 unspecified atom stereocenters. The van der Waals surface area contributed by atoms with Crippen molar-refractivity contribution >= 4 is 17.5 Å². The third-order valence-corrected chi connectivity index (χ3v) is 4.05. The molecule has 2 aliphatic heterocycles. The van der Waals surface area contributed by atoms with E-state index in [-0.39, 0.29) is 17.9 Å². The predicted octanol–water partition coefficient (Wildman–Crippen LogP) is 0.0659. The van der Waals surface area contributed by atoms with Gasteiger partial charge in [-0.25, -0.2) is 0 Å². The number of likely N-dealkylation sites (N-methyl/N-ethyl adjacent to an activating group) is 1. The van der Waals surface area contributed by atoms with E-state index in [2.05, 4.69) is 5.32 Å². The molecule has 2 aliphatic rings. The SMILES string of the molecule is CN1C[C@@]2(C[C@H]1C(N)=O)C(=O)Nc1ccccc12. The number of nitrogens with zero attached hydrogens (tertiary/aromatic N) is 1. The van der Waals surface area contributed by atoms with Crippen molar-refractivity contribution < 1.29 is 9.59 Å². The van der Waals surface area contributed by atoms with Crippen molar-refractivity contribution in [1.82, 2.24) is 4.90 Å². The summed E-state index contributed by atoms with van der Waals surface area (Å²) in [6, 6.07) is 7.27. The van der Waals surface area contributed by atoms with Gasteiger partial charge in [-0.1, -0.05) is 18.2 Å². The van der Waals surface area contributed by atoms with Gasteiger partial charge in [-0.15, -0.1) is 0 Å². The average Bonchev–Trinajstić information content (AvgIpc) is 2.81. The Hall–Kier alpha value is -1.88. The number of hydrogen-bond donors (Lipinski definition) is 2. The number of benzene rings is 1. The molecule has 2 atom stereocenters. The second-order valence-electron chi connectivity index (χ2n) is 5.12. The predicted molar refractivity (Wildman–Crippen MR) is 67.0 cm³/mol. The second-order valence-corrected chi connectivity index (χ2v) is 5.12. The highest BCUT2D eigenvalue weighted by atomic mass is 16.2. The van der Waals surface area contributed by atoms with E-state index in [1.165, 1.54) is 0 Å². The van der Waals surface area contributed by atoms with Gasteiger partial charge in [-0.2, -0.15) is 0 Å². The fourth-order valence-electron chi connectivity index (χ4n) is 3.14. The number of likely N-dealkylation sites (tertiary alicyclic amines) is 1. The van der Waals surface area contributed by atoms with Crippen LogP contribution in [0.1, 0.15) is 12.0 Å². The Morgan fingerprint density at radius 1 is 1.50 bits per heavy atom. The maximum absolute atomic E-state index is 12.3. The highest BCUT2D eigenvalue weighted by Crippen LogP contribution is 2.45. The largest absolute Gasteiger partial charge is 0.368 e. The summed E-state index contributed by atoms with van der Waals surface area (Å²) in [5.41, 5.74) is 6.60. The van der Waals surface area contributed by atoms with E-state index in [0.29, 0.717) is 13.0 Å². The zero-order valence-corrected chi connectivity index (χ0v) is 10.1. The molecule has 0 aromatic heterocycles. The number of fused-ring (bicyclic) bond motifs is 2. The molecule has 2 heterocycles. The number of primary amides is 1. The average molecular weight is 245 g/mol. The van der Waals surface area contributed by atoms with E-state index >= 15 is 0 Å². The van der Waals surface area contributed by atoms with Crippen LogP contribution < -0.4 is 11.1 Å².